The van der Waals surface area contributed by atoms with Crippen LogP contribution < -0.4 is 5.73 Å². The van der Waals surface area contributed by atoms with Crippen molar-refractivity contribution in [3.63, 3.8) is 0 Å². The summed E-state index contributed by atoms with van der Waals surface area (Å²) in [7, 11) is 0. The molecule has 2 unspecified atom stereocenters. The number of nitrogen functional groups attached to an aromatic ring is 1. The van der Waals surface area contributed by atoms with Crippen molar-refractivity contribution in [2.75, 3.05) is 12.3 Å². The van der Waals surface area contributed by atoms with E-state index in [-0.39, 0.29) is 11.9 Å². The van der Waals surface area contributed by atoms with Crippen LogP contribution in [0.15, 0.2) is 24.3 Å². The van der Waals surface area contributed by atoms with E-state index < -0.39 is 0 Å². The number of hydrogen-bond acceptors (Lipinski definition) is 3. The van der Waals surface area contributed by atoms with Crippen molar-refractivity contribution >= 4 is 11.5 Å². The molecule has 1 aliphatic rings. The summed E-state index contributed by atoms with van der Waals surface area (Å²) < 4.78 is 5.43. The van der Waals surface area contributed by atoms with Gasteiger partial charge in [-0.25, -0.2) is 0 Å². The van der Waals surface area contributed by atoms with Crippen LogP contribution in [-0.2, 0) is 4.74 Å². The number of carbonyl (C=O) groups excluding carboxylic acids is 1. The van der Waals surface area contributed by atoms with Gasteiger partial charge in [0.2, 0.25) is 0 Å². The molecule has 0 saturated carbocycles. The van der Waals surface area contributed by atoms with Crippen LogP contribution in [0.1, 0.15) is 23.7 Å². The topological polar surface area (TPSA) is 52.3 Å². The van der Waals surface area contributed by atoms with Gasteiger partial charge in [-0.1, -0.05) is 6.92 Å². The molecule has 2 rings (SSSR count). The monoisotopic (exact) mass is 205 g/mol. The van der Waals surface area contributed by atoms with Crippen molar-refractivity contribution in [2.24, 2.45) is 5.92 Å². The maximum Gasteiger partial charge on any atom is 0.191 e. The molecule has 2 N–H and O–H groups in total. The van der Waals surface area contributed by atoms with Gasteiger partial charge in [-0.05, 0) is 36.6 Å². The van der Waals surface area contributed by atoms with E-state index in [1.54, 1.807) is 24.3 Å². The lowest BCUT2D eigenvalue weighted by atomic mass is 9.96. The number of nitrogens with two attached hydrogens (primary N) is 1. The van der Waals surface area contributed by atoms with Crippen molar-refractivity contribution in [1.82, 2.24) is 0 Å². The second-order valence-corrected chi connectivity index (χ2v) is 4.04. The first-order valence-electron chi connectivity index (χ1n) is 5.20. The van der Waals surface area contributed by atoms with Gasteiger partial charge >= 0.3 is 0 Å². The fourth-order valence-corrected chi connectivity index (χ4v) is 1.84. The molecule has 3 heteroatoms. The zero-order valence-corrected chi connectivity index (χ0v) is 8.77. The summed E-state index contributed by atoms with van der Waals surface area (Å²) in [5.41, 5.74) is 6.92. The van der Waals surface area contributed by atoms with E-state index >= 15 is 0 Å². The Kier molecular flexibility index (Phi) is 2.73. The van der Waals surface area contributed by atoms with Crippen molar-refractivity contribution in [2.45, 2.75) is 19.4 Å². The van der Waals surface area contributed by atoms with Gasteiger partial charge in [0.1, 0.15) is 6.10 Å². The average Bonchev–Trinajstić information content (AvgIpc) is 2.65. The van der Waals surface area contributed by atoms with E-state index in [1.165, 1.54) is 0 Å². The zero-order chi connectivity index (χ0) is 10.8. The fourth-order valence-electron chi connectivity index (χ4n) is 1.84. The summed E-state index contributed by atoms with van der Waals surface area (Å²) in [6, 6.07) is 7.00. The molecule has 2 atom stereocenters. The lowest BCUT2D eigenvalue weighted by molar-refractivity contribution is 0.0579. The van der Waals surface area contributed by atoms with Gasteiger partial charge in [0.25, 0.3) is 0 Å². The molecule has 3 nitrogen and oxygen atoms in total. The summed E-state index contributed by atoms with van der Waals surface area (Å²) in [6.07, 6.45) is 0.694. The number of ether oxygens (including phenoxy) is 1. The summed E-state index contributed by atoms with van der Waals surface area (Å²) in [4.78, 5) is 12.0. The Balaban J connectivity index is 2.17. The maximum atomic E-state index is 12.0. The van der Waals surface area contributed by atoms with Crippen LogP contribution in [0.2, 0.25) is 0 Å². The molecule has 1 aromatic carbocycles. The number of ketones is 1. The standard InChI is InChI=1S/C12H15NO2/c1-8-6-7-15-12(8)11(14)9-2-4-10(13)5-3-9/h2-5,8,12H,6-7,13H2,1H3. The Morgan fingerprint density at radius 3 is 2.60 bits per heavy atom. The number of Topliss-reactive ketones (excluding diaryl/α,β-unsaturated/α-hetero) is 1. The highest BCUT2D eigenvalue weighted by Gasteiger charge is 2.31. The zero-order valence-electron chi connectivity index (χ0n) is 8.77. The fraction of sp³-hybridized carbons (Fsp3) is 0.417. The van der Waals surface area contributed by atoms with E-state index in [4.69, 9.17) is 10.5 Å². The smallest absolute Gasteiger partial charge is 0.191 e. The Morgan fingerprint density at radius 1 is 1.40 bits per heavy atom. The second kappa shape index (κ2) is 4.03. The largest absolute Gasteiger partial charge is 0.399 e. The molecule has 0 radical (unpaired) electrons. The molecule has 1 aliphatic heterocycles. The minimum Gasteiger partial charge on any atom is -0.399 e. The molecule has 0 bridgehead atoms. The molecule has 1 heterocycles. The molecule has 1 fully saturated rings. The van der Waals surface area contributed by atoms with Gasteiger partial charge in [-0.15, -0.1) is 0 Å². The van der Waals surface area contributed by atoms with Gasteiger partial charge in [0, 0.05) is 17.9 Å². The molecule has 0 aliphatic carbocycles. The van der Waals surface area contributed by atoms with Crippen LogP contribution in [0, 0.1) is 5.92 Å². The van der Waals surface area contributed by atoms with Gasteiger partial charge in [-0.2, -0.15) is 0 Å². The molecular formula is C12H15NO2. The summed E-state index contributed by atoms with van der Waals surface area (Å²) in [6.45, 7) is 2.74. The lowest BCUT2D eigenvalue weighted by Crippen LogP contribution is -2.25. The molecule has 0 amide bonds. The van der Waals surface area contributed by atoms with Crippen molar-refractivity contribution < 1.29 is 9.53 Å². The average molecular weight is 205 g/mol. The van der Waals surface area contributed by atoms with Gasteiger partial charge < -0.3 is 10.5 Å². The molecular weight excluding hydrogens is 190 g/mol. The first-order chi connectivity index (χ1) is 7.18. The SMILES string of the molecule is CC1CCOC1C(=O)c1ccc(N)cc1. The highest BCUT2D eigenvalue weighted by molar-refractivity contribution is 6.00. The van der Waals surface area contributed by atoms with Crippen molar-refractivity contribution in [3.05, 3.63) is 29.8 Å². The number of rotatable bonds is 2. The third-order valence-corrected chi connectivity index (χ3v) is 2.84. The third-order valence-electron chi connectivity index (χ3n) is 2.84. The van der Waals surface area contributed by atoms with Crippen molar-refractivity contribution in [1.29, 1.82) is 0 Å². The highest BCUT2D eigenvalue weighted by Crippen LogP contribution is 2.23. The molecule has 0 spiro atoms. The van der Waals surface area contributed by atoms with Crippen LogP contribution in [0.25, 0.3) is 0 Å². The molecule has 0 aromatic heterocycles. The molecule has 80 valence electrons. The Bertz CT molecular complexity index is 358. The van der Waals surface area contributed by atoms with E-state index in [9.17, 15) is 4.79 Å². The van der Waals surface area contributed by atoms with E-state index in [2.05, 4.69) is 0 Å². The normalized spacial score (nSPS) is 25.4. The summed E-state index contributed by atoms with van der Waals surface area (Å²) >= 11 is 0. The highest BCUT2D eigenvalue weighted by atomic mass is 16.5. The number of anilines is 1. The van der Waals surface area contributed by atoms with Crippen LogP contribution in [0.3, 0.4) is 0 Å². The number of benzene rings is 1. The Hall–Kier alpha value is -1.35. The van der Waals surface area contributed by atoms with Crippen LogP contribution in [-0.4, -0.2) is 18.5 Å². The quantitative estimate of drug-likeness (QED) is 0.592. The minimum absolute atomic E-state index is 0.0694. The van der Waals surface area contributed by atoms with E-state index in [0.717, 1.165) is 6.42 Å². The number of hydrogen-bond donors (Lipinski definition) is 1. The second-order valence-electron chi connectivity index (χ2n) is 4.04. The predicted octanol–water partition coefficient (Wildman–Crippen LogP) is 1.88. The molecule has 1 saturated heterocycles. The van der Waals surface area contributed by atoms with E-state index in [1.807, 2.05) is 6.92 Å². The van der Waals surface area contributed by atoms with Crippen LogP contribution in [0.5, 0.6) is 0 Å². The minimum atomic E-state index is -0.270. The molecule has 15 heavy (non-hydrogen) atoms. The third kappa shape index (κ3) is 2.02. The van der Waals surface area contributed by atoms with E-state index in [0.29, 0.717) is 23.8 Å². The number of carbonyl (C=O) groups is 1. The first kappa shape index (κ1) is 10.2. The first-order valence-corrected chi connectivity index (χ1v) is 5.20. The van der Waals surface area contributed by atoms with Gasteiger partial charge in [0.05, 0.1) is 0 Å². The van der Waals surface area contributed by atoms with Crippen LogP contribution in [0.4, 0.5) is 5.69 Å². The molecule has 1 aromatic rings. The summed E-state index contributed by atoms with van der Waals surface area (Å²) in [5, 5.41) is 0. The predicted molar refractivity (Wildman–Crippen MR) is 58.7 cm³/mol. The Morgan fingerprint density at radius 2 is 2.07 bits per heavy atom. The maximum absolute atomic E-state index is 12.0. The van der Waals surface area contributed by atoms with Gasteiger partial charge in [0.15, 0.2) is 5.78 Å². The van der Waals surface area contributed by atoms with Crippen molar-refractivity contribution in [3.8, 4) is 0 Å². The summed E-state index contributed by atoms with van der Waals surface area (Å²) in [5.74, 6) is 0.384. The van der Waals surface area contributed by atoms with Gasteiger partial charge in [-0.3, -0.25) is 4.79 Å². The Labute approximate surface area is 89.2 Å². The van der Waals surface area contributed by atoms with Crippen LogP contribution >= 0.6 is 0 Å². The lowest BCUT2D eigenvalue weighted by Gasteiger charge is -2.13.